The van der Waals surface area contributed by atoms with Crippen LogP contribution in [-0.2, 0) is 6.54 Å². The number of hydrogen-bond donors (Lipinski definition) is 2. The maximum Gasteiger partial charge on any atom is 0.291 e. The van der Waals surface area contributed by atoms with Crippen molar-refractivity contribution in [3.05, 3.63) is 76.7 Å². The zero-order valence-corrected chi connectivity index (χ0v) is 16.0. The van der Waals surface area contributed by atoms with Gasteiger partial charge in [0.1, 0.15) is 13.2 Å². The summed E-state index contributed by atoms with van der Waals surface area (Å²) in [6, 6.07) is 13.3. The van der Waals surface area contributed by atoms with Gasteiger partial charge in [0.2, 0.25) is 0 Å². The molecule has 3 aromatic rings. The summed E-state index contributed by atoms with van der Waals surface area (Å²) in [7, 11) is 0. The van der Waals surface area contributed by atoms with Crippen molar-refractivity contribution in [2.45, 2.75) is 6.54 Å². The van der Waals surface area contributed by atoms with E-state index in [4.69, 9.17) is 25.5 Å². The second kappa shape index (κ2) is 8.28. The van der Waals surface area contributed by atoms with E-state index in [2.05, 4.69) is 10.6 Å². The third-order valence-corrected chi connectivity index (χ3v) is 4.52. The number of hydrogen-bond acceptors (Lipinski definition) is 5. The molecule has 0 saturated heterocycles. The number of furan rings is 1. The van der Waals surface area contributed by atoms with Crippen molar-refractivity contribution in [3.63, 3.8) is 0 Å². The second-order valence-electron chi connectivity index (χ2n) is 6.30. The molecule has 29 heavy (non-hydrogen) atoms. The molecule has 0 aliphatic carbocycles. The van der Waals surface area contributed by atoms with Crippen LogP contribution < -0.4 is 20.1 Å². The lowest BCUT2D eigenvalue weighted by molar-refractivity contribution is 0.0948. The van der Waals surface area contributed by atoms with Crippen molar-refractivity contribution in [1.29, 1.82) is 0 Å². The third-order valence-electron chi connectivity index (χ3n) is 4.24. The van der Waals surface area contributed by atoms with E-state index in [9.17, 15) is 9.59 Å². The van der Waals surface area contributed by atoms with Crippen molar-refractivity contribution in [1.82, 2.24) is 5.32 Å². The standard InChI is InChI=1S/C21H17ClN2O5/c22-16-9-13(10-18-19(16)29-8-7-28-18)12-23-20(25)14-3-1-4-15(11-14)24-21(26)17-5-2-6-27-17/h1-6,9-11H,7-8,12H2,(H,23,25)(H,24,26). The number of carbonyl (C=O) groups excluding carboxylic acids is 2. The quantitative estimate of drug-likeness (QED) is 0.663. The summed E-state index contributed by atoms with van der Waals surface area (Å²) >= 11 is 6.23. The summed E-state index contributed by atoms with van der Waals surface area (Å²) in [5.74, 6) is 0.600. The molecule has 0 unspecified atom stereocenters. The fourth-order valence-electron chi connectivity index (χ4n) is 2.89. The van der Waals surface area contributed by atoms with Crippen LogP contribution in [-0.4, -0.2) is 25.0 Å². The minimum absolute atomic E-state index is 0.190. The van der Waals surface area contributed by atoms with Crippen LogP contribution in [0.1, 0.15) is 26.5 Å². The predicted molar refractivity (Wildman–Crippen MR) is 107 cm³/mol. The number of anilines is 1. The van der Waals surface area contributed by atoms with Crippen molar-refractivity contribution in [2.24, 2.45) is 0 Å². The number of ether oxygens (including phenoxy) is 2. The minimum Gasteiger partial charge on any atom is -0.486 e. The lowest BCUT2D eigenvalue weighted by Crippen LogP contribution is -2.23. The van der Waals surface area contributed by atoms with Gasteiger partial charge in [-0.15, -0.1) is 0 Å². The van der Waals surface area contributed by atoms with Crippen LogP contribution in [0.15, 0.2) is 59.2 Å². The zero-order chi connectivity index (χ0) is 20.2. The highest BCUT2D eigenvalue weighted by atomic mass is 35.5. The van der Waals surface area contributed by atoms with Crippen LogP contribution in [0.3, 0.4) is 0 Å². The molecule has 0 fully saturated rings. The number of halogens is 1. The number of nitrogens with one attached hydrogen (secondary N) is 2. The Labute approximate surface area is 171 Å². The van der Waals surface area contributed by atoms with Gasteiger partial charge in [0.25, 0.3) is 11.8 Å². The Bertz CT molecular complexity index is 1050. The van der Waals surface area contributed by atoms with Crippen LogP contribution in [0.5, 0.6) is 11.5 Å². The lowest BCUT2D eigenvalue weighted by atomic mass is 10.1. The topological polar surface area (TPSA) is 89.8 Å². The molecule has 1 aliphatic rings. The molecule has 2 N–H and O–H groups in total. The Kier molecular flexibility index (Phi) is 5.39. The predicted octanol–water partition coefficient (Wildman–Crippen LogP) is 3.89. The summed E-state index contributed by atoms with van der Waals surface area (Å²) in [5, 5.41) is 5.97. The summed E-state index contributed by atoms with van der Waals surface area (Å²) in [5.41, 5.74) is 1.68. The van der Waals surface area contributed by atoms with Crippen LogP contribution in [0.25, 0.3) is 0 Å². The smallest absolute Gasteiger partial charge is 0.291 e. The number of amides is 2. The van der Waals surface area contributed by atoms with Gasteiger partial charge in [-0.3, -0.25) is 9.59 Å². The van der Waals surface area contributed by atoms with Crippen molar-refractivity contribution >= 4 is 29.1 Å². The van der Waals surface area contributed by atoms with Crippen molar-refractivity contribution in [3.8, 4) is 11.5 Å². The van der Waals surface area contributed by atoms with Crippen LogP contribution in [0, 0.1) is 0 Å². The first-order chi connectivity index (χ1) is 14.1. The maximum absolute atomic E-state index is 12.5. The Balaban J connectivity index is 1.41. The number of fused-ring (bicyclic) bond motifs is 1. The highest BCUT2D eigenvalue weighted by Crippen LogP contribution is 2.38. The fraction of sp³-hybridized carbons (Fsp3) is 0.143. The Morgan fingerprint density at radius 3 is 2.69 bits per heavy atom. The van der Waals surface area contributed by atoms with Gasteiger partial charge in [0, 0.05) is 17.8 Å². The molecule has 0 radical (unpaired) electrons. The molecular weight excluding hydrogens is 396 g/mol. The van der Waals surface area contributed by atoms with E-state index in [1.807, 2.05) is 0 Å². The van der Waals surface area contributed by atoms with E-state index in [0.29, 0.717) is 41.0 Å². The van der Waals surface area contributed by atoms with E-state index < -0.39 is 5.91 Å². The molecule has 7 nitrogen and oxygen atoms in total. The van der Waals surface area contributed by atoms with Gasteiger partial charge in [-0.25, -0.2) is 0 Å². The average molecular weight is 413 g/mol. The number of rotatable bonds is 5. The summed E-state index contributed by atoms with van der Waals surface area (Å²) in [6.07, 6.45) is 1.42. The SMILES string of the molecule is O=C(NCc1cc(Cl)c2c(c1)OCCO2)c1cccc(NC(=O)c2ccco2)c1. The molecule has 0 saturated carbocycles. The molecule has 0 atom stereocenters. The Morgan fingerprint density at radius 1 is 1.00 bits per heavy atom. The van der Waals surface area contributed by atoms with E-state index in [0.717, 1.165) is 5.56 Å². The van der Waals surface area contributed by atoms with Crippen molar-refractivity contribution in [2.75, 3.05) is 18.5 Å². The molecule has 8 heteroatoms. The van der Waals surface area contributed by atoms with Crippen LogP contribution in [0.2, 0.25) is 5.02 Å². The summed E-state index contributed by atoms with van der Waals surface area (Å²) in [6.45, 7) is 1.17. The van der Waals surface area contributed by atoms with E-state index in [1.54, 1.807) is 48.5 Å². The molecule has 2 heterocycles. The van der Waals surface area contributed by atoms with E-state index >= 15 is 0 Å². The zero-order valence-electron chi connectivity index (χ0n) is 15.2. The van der Waals surface area contributed by atoms with Crippen molar-refractivity contribution < 1.29 is 23.5 Å². The van der Waals surface area contributed by atoms with Gasteiger partial charge in [-0.1, -0.05) is 17.7 Å². The molecular formula is C21H17ClN2O5. The fourth-order valence-corrected chi connectivity index (χ4v) is 3.18. The van der Waals surface area contributed by atoms with Gasteiger partial charge in [0.05, 0.1) is 11.3 Å². The van der Waals surface area contributed by atoms with E-state index in [1.165, 1.54) is 6.26 Å². The average Bonchev–Trinajstić information content (AvgIpc) is 3.27. The lowest BCUT2D eigenvalue weighted by Gasteiger charge is -2.20. The molecule has 1 aromatic heterocycles. The molecule has 0 bridgehead atoms. The van der Waals surface area contributed by atoms with E-state index in [-0.39, 0.29) is 18.2 Å². The second-order valence-corrected chi connectivity index (χ2v) is 6.70. The summed E-state index contributed by atoms with van der Waals surface area (Å²) < 4.78 is 16.1. The first-order valence-electron chi connectivity index (χ1n) is 8.91. The monoisotopic (exact) mass is 412 g/mol. The van der Waals surface area contributed by atoms with Gasteiger partial charge in [0.15, 0.2) is 17.3 Å². The first kappa shape index (κ1) is 18.9. The largest absolute Gasteiger partial charge is 0.486 e. The normalized spacial score (nSPS) is 12.3. The molecule has 148 valence electrons. The van der Waals surface area contributed by atoms with Crippen LogP contribution in [0.4, 0.5) is 5.69 Å². The molecule has 1 aliphatic heterocycles. The van der Waals surface area contributed by atoms with Gasteiger partial charge in [-0.2, -0.15) is 0 Å². The highest BCUT2D eigenvalue weighted by molar-refractivity contribution is 6.32. The first-order valence-corrected chi connectivity index (χ1v) is 9.29. The molecule has 4 rings (SSSR count). The molecule has 2 amide bonds. The van der Waals surface area contributed by atoms with Gasteiger partial charge in [-0.05, 0) is 48.0 Å². The third kappa shape index (κ3) is 4.35. The Morgan fingerprint density at radius 2 is 1.86 bits per heavy atom. The minimum atomic E-state index is -0.390. The molecule has 0 spiro atoms. The molecule has 2 aromatic carbocycles. The summed E-state index contributed by atoms with van der Waals surface area (Å²) in [4.78, 5) is 24.6. The Hall–Kier alpha value is -3.45. The maximum atomic E-state index is 12.5. The number of carbonyl (C=O) groups is 2. The van der Waals surface area contributed by atoms with Gasteiger partial charge >= 0.3 is 0 Å². The number of benzene rings is 2. The van der Waals surface area contributed by atoms with Gasteiger partial charge < -0.3 is 24.5 Å². The highest BCUT2D eigenvalue weighted by Gasteiger charge is 2.17. The van der Waals surface area contributed by atoms with Crippen LogP contribution >= 0.6 is 11.6 Å².